The number of hydrogen-bond donors (Lipinski definition) is 0. The zero-order chi connectivity index (χ0) is 14.0. The quantitative estimate of drug-likeness (QED) is 0.811. The van der Waals surface area contributed by atoms with E-state index in [4.69, 9.17) is 4.74 Å². The summed E-state index contributed by atoms with van der Waals surface area (Å²) in [6, 6.07) is 6.02. The molecule has 0 bridgehead atoms. The van der Waals surface area contributed by atoms with Crippen LogP contribution in [0.5, 0.6) is 0 Å². The average molecular weight is 322 g/mol. The highest BCUT2D eigenvalue weighted by molar-refractivity contribution is 9.10. The third-order valence-corrected chi connectivity index (χ3v) is 3.93. The van der Waals surface area contributed by atoms with Gasteiger partial charge in [0.1, 0.15) is 0 Å². The molecule has 0 spiro atoms. The van der Waals surface area contributed by atoms with Crippen molar-refractivity contribution in [1.29, 1.82) is 0 Å². The van der Waals surface area contributed by atoms with Crippen molar-refractivity contribution in [3.63, 3.8) is 0 Å². The SMILES string of the molecule is CCc1c(CC(=O)OC)c(C)nc2c(Br)cccc12. The third-order valence-electron chi connectivity index (χ3n) is 3.29. The number of carbonyl (C=O) groups is 1. The molecule has 0 amide bonds. The lowest BCUT2D eigenvalue weighted by Gasteiger charge is -2.14. The van der Waals surface area contributed by atoms with Gasteiger partial charge in [-0.1, -0.05) is 19.1 Å². The molecule has 19 heavy (non-hydrogen) atoms. The summed E-state index contributed by atoms with van der Waals surface area (Å²) < 4.78 is 5.75. The van der Waals surface area contributed by atoms with E-state index >= 15 is 0 Å². The molecule has 0 radical (unpaired) electrons. The number of esters is 1. The van der Waals surface area contributed by atoms with Gasteiger partial charge < -0.3 is 4.74 Å². The highest BCUT2D eigenvalue weighted by Crippen LogP contribution is 2.29. The Bertz CT molecular complexity index is 638. The van der Waals surface area contributed by atoms with E-state index in [1.54, 1.807) is 0 Å². The van der Waals surface area contributed by atoms with Crippen LogP contribution < -0.4 is 0 Å². The molecule has 0 fully saturated rings. The van der Waals surface area contributed by atoms with E-state index in [-0.39, 0.29) is 12.4 Å². The van der Waals surface area contributed by atoms with Crippen molar-refractivity contribution in [2.45, 2.75) is 26.7 Å². The Hall–Kier alpha value is -1.42. The number of methoxy groups -OCH3 is 1. The van der Waals surface area contributed by atoms with Gasteiger partial charge in [-0.2, -0.15) is 0 Å². The van der Waals surface area contributed by atoms with Gasteiger partial charge in [-0.15, -0.1) is 0 Å². The number of halogens is 1. The maximum atomic E-state index is 11.5. The molecule has 0 saturated carbocycles. The van der Waals surface area contributed by atoms with E-state index in [1.807, 2.05) is 25.1 Å². The fourth-order valence-electron chi connectivity index (χ4n) is 2.34. The van der Waals surface area contributed by atoms with Crippen molar-refractivity contribution in [3.8, 4) is 0 Å². The standard InChI is InChI=1S/C15H16BrNO2/c1-4-10-11-6-5-7-13(16)15(11)17-9(2)12(10)8-14(18)19-3/h5-7H,4,8H2,1-3H3. The first-order valence-electron chi connectivity index (χ1n) is 6.21. The molecule has 0 aliphatic rings. The number of rotatable bonds is 3. The van der Waals surface area contributed by atoms with E-state index in [1.165, 1.54) is 12.7 Å². The lowest BCUT2D eigenvalue weighted by Crippen LogP contribution is -2.10. The van der Waals surface area contributed by atoms with Gasteiger partial charge in [-0.05, 0) is 46.5 Å². The van der Waals surface area contributed by atoms with E-state index in [0.717, 1.165) is 33.1 Å². The fraction of sp³-hybridized carbons (Fsp3) is 0.333. The Kier molecular flexibility index (Phi) is 4.20. The predicted octanol–water partition coefficient (Wildman–Crippen LogP) is 3.58. The first-order chi connectivity index (χ1) is 9.08. The Balaban J connectivity index is 2.70. The molecule has 100 valence electrons. The zero-order valence-electron chi connectivity index (χ0n) is 11.3. The molecule has 0 unspecified atom stereocenters. The van der Waals surface area contributed by atoms with Gasteiger partial charge >= 0.3 is 5.97 Å². The maximum Gasteiger partial charge on any atom is 0.310 e. The van der Waals surface area contributed by atoms with Crippen LogP contribution in [0.3, 0.4) is 0 Å². The Morgan fingerprint density at radius 2 is 2.11 bits per heavy atom. The van der Waals surface area contributed by atoms with E-state index < -0.39 is 0 Å². The van der Waals surface area contributed by atoms with Crippen LogP contribution in [-0.2, 0) is 22.4 Å². The Morgan fingerprint density at radius 3 is 2.74 bits per heavy atom. The summed E-state index contributed by atoms with van der Waals surface area (Å²) >= 11 is 3.53. The van der Waals surface area contributed by atoms with Crippen LogP contribution in [0.15, 0.2) is 22.7 Å². The molecule has 1 heterocycles. The Morgan fingerprint density at radius 1 is 1.37 bits per heavy atom. The van der Waals surface area contributed by atoms with Gasteiger partial charge in [-0.3, -0.25) is 9.78 Å². The van der Waals surface area contributed by atoms with Crippen LogP contribution in [0, 0.1) is 6.92 Å². The molecule has 0 atom stereocenters. The van der Waals surface area contributed by atoms with Crippen molar-refractivity contribution in [3.05, 3.63) is 39.5 Å². The minimum absolute atomic E-state index is 0.228. The molecule has 1 aromatic heterocycles. The third kappa shape index (κ3) is 2.63. The van der Waals surface area contributed by atoms with Crippen molar-refractivity contribution in [2.24, 2.45) is 0 Å². The van der Waals surface area contributed by atoms with E-state index in [9.17, 15) is 4.79 Å². The second-order valence-corrected chi connectivity index (χ2v) is 5.25. The highest BCUT2D eigenvalue weighted by atomic mass is 79.9. The summed E-state index contributed by atoms with van der Waals surface area (Å²) in [6.07, 6.45) is 1.14. The molecule has 1 aromatic carbocycles. The number of ether oxygens (including phenoxy) is 1. The predicted molar refractivity (Wildman–Crippen MR) is 79.3 cm³/mol. The summed E-state index contributed by atoms with van der Waals surface area (Å²) in [5, 5.41) is 1.10. The topological polar surface area (TPSA) is 39.2 Å². The van der Waals surface area contributed by atoms with Crippen LogP contribution in [0.4, 0.5) is 0 Å². The van der Waals surface area contributed by atoms with Gasteiger partial charge in [0.2, 0.25) is 0 Å². The highest BCUT2D eigenvalue weighted by Gasteiger charge is 2.15. The minimum Gasteiger partial charge on any atom is -0.469 e. The molecule has 0 aliphatic carbocycles. The van der Waals surface area contributed by atoms with Crippen molar-refractivity contribution in [1.82, 2.24) is 4.98 Å². The summed E-state index contributed by atoms with van der Waals surface area (Å²) in [5.74, 6) is -0.228. The van der Waals surface area contributed by atoms with Crippen LogP contribution in [-0.4, -0.2) is 18.1 Å². The fourth-order valence-corrected chi connectivity index (χ4v) is 2.80. The molecule has 0 aliphatic heterocycles. The first kappa shape index (κ1) is 14.0. The average Bonchev–Trinajstić information content (AvgIpc) is 2.40. The minimum atomic E-state index is -0.228. The number of aromatic nitrogens is 1. The second kappa shape index (κ2) is 5.70. The number of benzene rings is 1. The number of para-hydroxylation sites is 1. The first-order valence-corrected chi connectivity index (χ1v) is 7.01. The maximum absolute atomic E-state index is 11.5. The van der Waals surface area contributed by atoms with E-state index in [0.29, 0.717) is 0 Å². The molecule has 3 nitrogen and oxygen atoms in total. The van der Waals surface area contributed by atoms with Gasteiger partial charge in [-0.25, -0.2) is 0 Å². The number of carbonyl (C=O) groups excluding carboxylic acids is 1. The van der Waals surface area contributed by atoms with Gasteiger partial charge in [0.25, 0.3) is 0 Å². The monoisotopic (exact) mass is 321 g/mol. The molecular weight excluding hydrogens is 306 g/mol. The number of pyridine rings is 1. The molecule has 0 N–H and O–H groups in total. The summed E-state index contributed by atoms with van der Waals surface area (Å²) in [4.78, 5) is 16.2. The summed E-state index contributed by atoms with van der Waals surface area (Å²) in [7, 11) is 1.41. The smallest absolute Gasteiger partial charge is 0.310 e. The molecular formula is C15H16BrNO2. The number of nitrogens with zero attached hydrogens (tertiary/aromatic N) is 1. The largest absolute Gasteiger partial charge is 0.469 e. The molecule has 4 heteroatoms. The number of hydrogen-bond acceptors (Lipinski definition) is 3. The second-order valence-electron chi connectivity index (χ2n) is 4.40. The van der Waals surface area contributed by atoms with Gasteiger partial charge in [0.15, 0.2) is 0 Å². The van der Waals surface area contributed by atoms with Gasteiger partial charge in [0, 0.05) is 15.6 Å². The van der Waals surface area contributed by atoms with Gasteiger partial charge in [0.05, 0.1) is 19.0 Å². The van der Waals surface area contributed by atoms with Crippen LogP contribution in [0.25, 0.3) is 10.9 Å². The Labute approximate surface area is 121 Å². The molecule has 0 saturated heterocycles. The number of aryl methyl sites for hydroxylation is 2. The summed E-state index contributed by atoms with van der Waals surface area (Å²) in [5.41, 5.74) is 4.00. The van der Waals surface area contributed by atoms with Crippen LogP contribution >= 0.6 is 15.9 Å². The van der Waals surface area contributed by atoms with Crippen LogP contribution in [0.2, 0.25) is 0 Å². The normalized spacial score (nSPS) is 10.7. The molecule has 2 aromatic rings. The lowest BCUT2D eigenvalue weighted by atomic mass is 9.96. The van der Waals surface area contributed by atoms with Crippen molar-refractivity contribution in [2.75, 3.05) is 7.11 Å². The van der Waals surface area contributed by atoms with Crippen molar-refractivity contribution >= 4 is 32.8 Å². The summed E-state index contributed by atoms with van der Waals surface area (Å²) in [6.45, 7) is 4.03. The zero-order valence-corrected chi connectivity index (χ0v) is 12.9. The van der Waals surface area contributed by atoms with E-state index in [2.05, 4.69) is 27.8 Å². The van der Waals surface area contributed by atoms with Crippen LogP contribution in [0.1, 0.15) is 23.7 Å². The van der Waals surface area contributed by atoms with Crippen molar-refractivity contribution < 1.29 is 9.53 Å². The molecule has 2 rings (SSSR count). The number of fused-ring (bicyclic) bond motifs is 1. The lowest BCUT2D eigenvalue weighted by molar-refractivity contribution is -0.139.